The average molecular weight is 372 g/mol. The third kappa shape index (κ3) is 2.84. The van der Waals surface area contributed by atoms with Gasteiger partial charge in [0.25, 0.3) is 5.91 Å². The van der Waals surface area contributed by atoms with E-state index in [0.717, 1.165) is 5.82 Å². The van der Waals surface area contributed by atoms with Crippen LogP contribution in [-0.4, -0.2) is 59.5 Å². The highest BCUT2D eigenvalue weighted by molar-refractivity contribution is 7.11. The highest BCUT2D eigenvalue weighted by atomic mass is 32.1. The molecule has 1 amide bonds. The molecule has 1 unspecified atom stereocenters. The third-order valence-corrected chi connectivity index (χ3v) is 5.90. The van der Waals surface area contributed by atoms with E-state index in [0.29, 0.717) is 37.7 Å². The summed E-state index contributed by atoms with van der Waals surface area (Å²) >= 11 is 1.32. The number of anilines is 1. The van der Waals surface area contributed by atoms with Crippen LogP contribution in [0.25, 0.3) is 0 Å². The molecule has 2 aromatic heterocycles. The van der Waals surface area contributed by atoms with Crippen LogP contribution in [0.1, 0.15) is 16.6 Å². The summed E-state index contributed by atoms with van der Waals surface area (Å²) in [4.78, 5) is 38.2. The number of rotatable bonds is 4. The first-order chi connectivity index (χ1) is 12.6. The van der Waals surface area contributed by atoms with Gasteiger partial charge in [0.1, 0.15) is 10.7 Å². The summed E-state index contributed by atoms with van der Waals surface area (Å²) in [6.45, 7) is 4.49. The minimum atomic E-state index is -0.306. The van der Waals surface area contributed by atoms with Crippen LogP contribution in [-0.2, 0) is 9.53 Å². The predicted molar refractivity (Wildman–Crippen MR) is 97.0 cm³/mol. The summed E-state index contributed by atoms with van der Waals surface area (Å²) in [6.07, 6.45) is 3.34. The van der Waals surface area contributed by atoms with E-state index in [-0.39, 0.29) is 23.2 Å². The number of nitrogens with zero attached hydrogens (tertiary/aromatic N) is 4. The quantitative estimate of drug-likeness (QED) is 0.760. The molecule has 1 spiro atoms. The second-order valence-electron chi connectivity index (χ2n) is 6.76. The molecule has 136 valence electrons. The molecular formula is C18H20N4O3S. The lowest BCUT2D eigenvalue weighted by Gasteiger charge is -2.50. The minimum Gasteiger partial charge on any atom is -0.466 e. The van der Waals surface area contributed by atoms with Crippen molar-refractivity contribution in [3.63, 3.8) is 0 Å². The summed E-state index contributed by atoms with van der Waals surface area (Å²) in [5.74, 6) is 0.315. The number of hydrogen-bond donors (Lipinski definition) is 0. The molecule has 0 aromatic carbocycles. The molecule has 4 heterocycles. The number of carbonyl (C=O) groups is 2. The van der Waals surface area contributed by atoms with Gasteiger partial charge in [-0.05, 0) is 19.1 Å². The van der Waals surface area contributed by atoms with Crippen LogP contribution < -0.4 is 4.90 Å². The number of pyridine rings is 1. The first-order valence-corrected chi connectivity index (χ1v) is 9.51. The molecule has 2 fully saturated rings. The molecule has 26 heavy (non-hydrogen) atoms. The van der Waals surface area contributed by atoms with E-state index in [2.05, 4.69) is 14.9 Å². The molecule has 0 bridgehead atoms. The Balaban J connectivity index is 1.54. The van der Waals surface area contributed by atoms with Gasteiger partial charge in [-0.2, -0.15) is 0 Å². The van der Waals surface area contributed by atoms with Gasteiger partial charge in [0.05, 0.1) is 24.2 Å². The molecule has 8 heteroatoms. The van der Waals surface area contributed by atoms with Crippen molar-refractivity contribution in [2.45, 2.75) is 6.92 Å². The fourth-order valence-electron chi connectivity index (χ4n) is 3.91. The van der Waals surface area contributed by atoms with Crippen molar-refractivity contribution < 1.29 is 14.3 Å². The summed E-state index contributed by atoms with van der Waals surface area (Å²) < 4.78 is 5.30. The van der Waals surface area contributed by atoms with Gasteiger partial charge < -0.3 is 14.5 Å². The van der Waals surface area contributed by atoms with E-state index in [9.17, 15) is 9.59 Å². The van der Waals surface area contributed by atoms with Crippen molar-refractivity contribution in [3.8, 4) is 0 Å². The Labute approximate surface area is 155 Å². The van der Waals surface area contributed by atoms with E-state index in [4.69, 9.17) is 4.74 Å². The second-order valence-corrected chi connectivity index (χ2v) is 7.65. The Morgan fingerprint density at radius 3 is 2.85 bits per heavy atom. The second kappa shape index (κ2) is 6.68. The number of ether oxygens (including phenoxy) is 1. The molecule has 2 aliphatic rings. The number of amides is 1. The molecule has 2 saturated heterocycles. The van der Waals surface area contributed by atoms with Crippen molar-refractivity contribution in [1.82, 2.24) is 14.9 Å². The zero-order valence-electron chi connectivity index (χ0n) is 14.5. The largest absolute Gasteiger partial charge is 0.466 e. The monoisotopic (exact) mass is 372 g/mol. The van der Waals surface area contributed by atoms with Gasteiger partial charge in [-0.15, -0.1) is 11.3 Å². The summed E-state index contributed by atoms with van der Waals surface area (Å²) in [7, 11) is 0. The van der Waals surface area contributed by atoms with Gasteiger partial charge in [0, 0.05) is 37.8 Å². The van der Waals surface area contributed by atoms with Crippen molar-refractivity contribution in [2.75, 3.05) is 37.7 Å². The van der Waals surface area contributed by atoms with E-state index >= 15 is 0 Å². The van der Waals surface area contributed by atoms with Crippen molar-refractivity contribution in [2.24, 2.45) is 11.3 Å². The highest BCUT2D eigenvalue weighted by Crippen LogP contribution is 2.46. The van der Waals surface area contributed by atoms with Crippen LogP contribution in [0.3, 0.4) is 0 Å². The lowest BCUT2D eigenvalue weighted by molar-refractivity contribution is -0.151. The van der Waals surface area contributed by atoms with Crippen LogP contribution in [0.15, 0.2) is 36.1 Å². The number of esters is 1. The van der Waals surface area contributed by atoms with Gasteiger partial charge in [0.15, 0.2) is 0 Å². The molecule has 1 atom stereocenters. The number of aromatic nitrogens is 2. The smallest absolute Gasteiger partial charge is 0.311 e. The van der Waals surface area contributed by atoms with Crippen molar-refractivity contribution >= 4 is 29.0 Å². The lowest BCUT2D eigenvalue weighted by Crippen LogP contribution is -2.62. The lowest BCUT2D eigenvalue weighted by atomic mass is 9.71. The Kier molecular flexibility index (Phi) is 4.36. The molecule has 4 rings (SSSR count). The SMILES string of the molecule is CCOC(=O)C1CN(C(=O)c2cncs2)CC12CN(c1ccccn1)C2. The Bertz CT molecular complexity index is 790. The summed E-state index contributed by atoms with van der Waals surface area (Å²) in [6, 6.07) is 5.79. The first kappa shape index (κ1) is 17.0. The Morgan fingerprint density at radius 1 is 1.35 bits per heavy atom. The number of likely N-dealkylation sites (tertiary alicyclic amines) is 1. The fraction of sp³-hybridized carbons (Fsp3) is 0.444. The standard InChI is InChI=1S/C18H20N4O3S/c1-2-25-17(24)13-8-21(16(23)14-7-19-12-26-14)9-18(13)10-22(11-18)15-5-3-4-6-20-15/h3-7,12-13H,2,8-11H2,1H3. The number of hydrogen-bond acceptors (Lipinski definition) is 7. The maximum atomic E-state index is 12.7. The predicted octanol–water partition coefficient (Wildman–Crippen LogP) is 1.68. The summed E-state index contributed by atoms with van der Waals surface area (Å²) in [5.41, 5.74) is 1.37. The van der Waals surface area contributed by atoms with Crippen molar-refractivity contribution in [1.29, 1.82) is 0 Å². The van der Waals surface area contributed by atoms with Crippen LogP contribution >= 0.6 is 11.3 Å². The highest BCUT2D eigenvalue weighted by Gasteiger charge is 2.58. The van der Waals surface area contributed by atoms with E-state index in [1.54, 1.807) is 29.7 Å². The van der Waals surface area contributed by atoms with Gasteiger partial charge in [-0.3, -0.25) is 14.6 Å². The molecule has 7 nitrogen and oxygen atoms in total. The molecule has 0 N–H and O–H groups in total. The molecule has 0 aliphatic carbocycles. The van der Waals surface area contributed by atoms with Crippen LogP contribution in [0.4, 0.5) is 5.82 Å². The maximum Gasteiger partial charge on any atom is 0.311 e. The van der Waals surface area contributed by atoms with Gasteiger partial charge in [0.2, 0.25) is 0 Å². The van der Waals surface area contributed by atoms with E-state index in [1.165, 1.54) is 11.3 Å². The van der Waals surface area contributed by atoms with Crippen LogP contribution in [0, 0.1) is 11.3 Å². The molecular weight excluding hydrogens is 352 g/mol. The third-order valence-electron chi connectivity index (χ3n) is 5.13. The normalized spacial score (nSPS) is 20.9. The number of thiazole rings is 1. The minimum absolute atomic E-state index is 0.0602. The zero-order valence-corrected chi connectivity index (χ0v) is 15.3. The van der Waals surface area contributed by atoms with Gasteiger partial charge in [-0.1, -0.05) is 6.07 Å². The molecule has 0 saturated carbocycles. The number of carbonyl (C=O) groups excluding carboxylic acids is 2. The molecule has 2 aliphatic heterocycles. The van der Waals surface area contributed by atoms with Gasteiger partial charge in [-0.25, -0.2) is 4.98 Å². The Morgan fingerprint density at radius 2 is 2.19 bits per heavy atom. The maximum absolute atomic E-state index is 12.7. The first-order valence-electron chi connectivity index (χ1n) is 8.63. The zero-order chi connectivity index (χ0) is 18.1. The van der Waals surface area contributed by atoms with Crippen molar-refractivity contribution in [3.05, 3.63) is 41.0 Å². The van der Waals surface area contributed by atoms with E-state index in [1.807, 2.05) is 18.2 Å². The topological polar surface area (TPSA) is 75.6 Å². The van der Waals surface area contributed by atoms with Gasteiger partial charge >= 0.3 is 5.97 Å². The van der Waals surface area contributed by atoms with E-state index < -0.39 is 0 Å². The summed E-state index contributed by atoms with van der Waals surface area (Å²) in [5, 5.41) is 0. The Hall–Kier alpha value is -2.48. The molecule has 2 aromatic rings. The molecule has 0 radical (unpaired) electrons. The average Bonchev–Trinajstić information content (AvgIpc) is 3.29. The fourth-order valence-corrected chi connectivity index (χ4v) is 4.49. The van der Waals surface area contributed by atoms with Crippen LogP contribution in [0.5, 0.6) is 0 Å². The van der Waals surface area contributed by atoms with Crippen LogP contribution in [0.2, 0.25) is 0 Å².